The molecule has 0 aliphatic carbocycles. The van der Waals surface area contributed by atoms with Gasteiger partial charge in [0.2, 0.25) is 0 Å². The van der Waals surface area contributed by atoms with Crippen molar-refractivity contribution in [1.82, 2.24) is 0 Å². The van der Waals surface area contributed by atoms with Crippen molar-refractivity contribution in [3.63, 3.8) is 0 Å². The Hall–Kier alpha value is -2.54. The summed E-state index contributed by atoms with van der Waals surface area (Å²) in [6.45, 7) is 0. The van der Waals surface area contributed by atoms with E-state index in [2.05, 4.69) is 5.32 Å². The Balaban J connectivity index is 1.98. The van der Waals surface area contributed by atoms with Gasteiger partial charge < -0.3 is 15.2 Å². The normalized spacial score (nSPS) is 10.5. The standard InChI is InChI=1S/C19H13Cl2NO4S/c1-26-15-7-6-12(21)8-13(15)17(23)22-18-16(19(24)25)14(9-27-18)10-2-4-11(20)5-3-10/h2-9H,1H3,(H,22,23)(H,24,25). The minimum absolute atomic E-state index is 0.0108. The summed E-state index contributed by atoms with van der Waals surface area (Å²) in [6.07, 6.45) is 0. The maximum atomic E-state index is 12.7. The van der Waals surface area contributed by atoms with E-state index < -0.39 is 11.9 Å². The van der Waals surface area contributed by atoms with Crippen LogP contribution in [0.1, 0.15) is 20.7 Å². The summed E-state index contributed by atoms with van der Waals surface area (Å²) in [5.74, 6) is -1.32. The van der Waals surface area contributed by atoms with Crippen molar-refractivity contribution in [2.45, 2.75) is 0 Å². The number of carbonyl (C=O) groups excluding carboxylic acids is 1. The molecule has 0 bridgehead atoms. The molecule has 138 valence electrons. The van der Waals surface area contributed by atoms with E-state index in [1.54, 1.807) is 41.8 Å². The Morgan fingerprint density at radius 1 is 1.07 bits per heavy atom. The van der Waals surface area contributed by atoms with E-state index in [0.29, 0.717) is 26.9 Å². The number of hydrogen-bond donors (Lipinski definition) is 2. The molecule has 0 spiro atoms. The molecule has 0 atom stereocenters. The number of nitrogens with one attached hydrogen (secondary N) is 1. The number of methoxy groups -OCH3 is 1. The second-order valence-corrected chi connectivity index (χ2v) is 7.22. The van der Waals surface area contributed by atoms with Crippen LogP contribution in [0.25, 0.3) is 11.1 Å². The summed E-state index contributed by atoms with van der Waals surface area (Å²) in [4.78, 5) is 24.5. The Morgan fingerprint density at radius 3 is 2.37 bits per heavy atom. The number of thiophene rings is 1. The topological polar surface area (TPSA) is 75.6 Å². The number of amides is 1. The third-order valence-corrected chi connectivity index (χ3v) is 5.18. The van der Waals surface area contributed by atoms with Gasteiger partial charge in [-0.15, -0.1) is 11.3 Å². The minimum atomic E-state index is -1.14. The first kappa shape index (κ1) is 19.2. The molecule has 1 aromatic heterocycles. The predicted molar refractivity (Wildman–Crippen MR) is 108 cm³/mol. The average molecular weight is 422 g/mol. The Kier molecular flexibility index (Phi) is 5.70. The molecule has 5 nitrogen and oxygen atoms in total. The molecule has 3 rings (SSSR count). The molecule has 0 unspecified atom stereocenters. The fraction of sp³-hybridized carbons (Fsp3) is 0.0526. The summed E-state index contributed by atoms with van der Waals surface area (Å²) in [5.41, 5.74) is 1.41. The number of ether oxygens (including phenoxy) is 1. The zero-order valence-electron chi connectivity index (χ0n) is 14.0. The smallest absolute Gasteiger partial charge is 0.339 e. The molecule has 27 heavy (non-hydrogen) atoms. The van der Waals surface area contributed by atoms with E-state index in [1.165, 1.54) is 13.2 Å². The van der Waals surface area contributed by atoms with Crippen molar-refractivity contribution in [2.75, 3.05) is 12.4 Å². The zero-order chi connectivity index (χ0) is 19.6. The second-order valence-electron chi connectivity index (χ2n) is 5.46. The van der Waals surface area contributed by atoms with E-state index in [4.69, 9.17) is 27.9 Å². The molecule has 3 aromatic rings. The van der Waals surface area contributed by atoms with Crippen LogP contribution in [0.5, 0.6) is 5.75 Å². The van der Waals surface area contributed by atoms with E-state index in [1.807, 2.05) is 0 Å². The molecular weight excluding hydrogens is 409 g/mol. The highest BCUT2D eigenvalue weighted by Crippen LogP contribution is 2.36. The lowest BCUT2D eigenvalue weighted by atomic mass is 10.0. The molecule has 0 aliphatic rings. The number of aromatic carboxylic acids is 1. The van der Waals surface area contributed by atoms with Gasteiger partial charge in [-0.25, -0.2) is 4.79 Å². The fourth-order valence-corrected chi connectivity index (χ4v) is 3.79. The van der Waals surface area contributed by atoms with Crippen molar-refractivity contribution in [1.29, 1.82) is 0 Å². The van der Waals surface area contributed by atoms with Crippen molar-refractivity contribution >= 4 is 51.4 Å². The van der Waals surface area contributed by atoms with Crippen LogP contribution in [-0.2, 0) is 0 Å². The maximum absolute atomic E-state index is 12.7. The Labute approximate surface area is 169 Å². The number of benzene rings is 2. The third kappa shape index (κ3) is 4.08. The SMILES string of the molecule is COc1ccc(Cl)cc1C(=O)Nc1scc(-c2ccc(Cl)cc2)c1C(=O)O. The molecule has 0 aliphatic heterocycles. The van der Waals surface area contributed by atoms with Gasteiger partial charge in [0.05, 0.1) is 12.7 Å². The van der Waals surface area contributed by atoms with Crippen LogP contribution in [0.4, 0.5) is 5.00 Å². The fourth-order valence-electron chi connectivity index (χ4n) is 2.53. The van der Waals surface area contributed by atoms with E-state index in [-0.39, 0.29) is 16.1 Å². The number of rotatable bonds is 5. The summed E-state index contributed by atoms with van der Waals surface area (Å²) < 4.78 is 5.18. The lowest BCUT2D eigenvalue weighted by molar-refractivity contribution is 0.0699. The monoisotopic (exact) mass is 421 g/mol. The quantitative estimate of drug-likeness (QED) is 0.555. The van der Waals surface area contributed by atoms with Gasteiger partial charge >= 0.3 is 5.97 Å². The molecule has 0 radical (unpaired) electrons. The molecular formula is C19H13Cl2NO4S. The highest BCUT2D eigenvalue weighted by molar-refractivity contribution is 7.15. The van der Waals surface area contributed by atoms with Gasteiger partial charge in [-0.2, -0.15) is 0 Å². The van der Waals surface area contributed by atoms with Crippen molar-refractivity contribution in [3.8, 4) is 16.9 Å². The van der Waals surface area contributed by atoms with E-state index in [0.717, 1.165) is 11.3 Å². The first-order chi connectivity index (χ1) is 12.9. The largest absolute Gasteiger partial charge is 0.496 e. The van der Waals surface area contributed by atoms with Gasteiger partial charge in [0.15, 0.2) is 0 Å². The van der Waals surface area contributed by atoms with Crippen LogP contribution in [0.15, 0.2) is 47.8 Å². The molecule has 2 aromatic carbocycles. The molecule has 0 fully saturated rings. The summed E-state index contributed by atoms with van der Waals surface area (Å²) in [6, 6.07) is 11.4. The number of carboxylic acid groups (broad SMARTS) is 1. The maximum Gasteiger partial charge on any atom is 0.339 e. The van der Waals surface area contributed by atoms with Crippen molar-refractivity contribution in [2.24, 2.45) is 0 Å². The molecule has 0 saturated heterocycles. The molecule has 1 amide bonds. The first-order valence-electron chi connectivity index (χ1n) is 7.66. The molecule has 1 heterocycles. The second kappa shape index (κ2) is 8.00. The lowest BCUT2D eigenvalue weighted by Crippen LogP contribution is -2.14. The number of anilines is 1. The highest BCUT2D eigenvalue weighted by atomic mass is 35.5. The number of halogens is 2. The Morgan fingerprint density at radius 2 is 1.74 bits per heavy atom. The zero-order valence-corrected chi connectivity index (χ0v) is 16.3. The summed E-state index contributed by atoms with van der Waals surface area (Å²) in [5, 5.41) is 15.1. The molecule has 8 heteroatoms. The summed E-state index contributed by atoms with van der Waals surface area (Å²) in [7, 11) is 1.44. The van der Waals surface area contributed by atoms with Crippen molar-refractivity contribution in [3.05, 3.63) is 69.0 Å². The van der Waals surface area contributed by atoms with Crippen LogP contribution >= 0.6 is 34.5 Å². The van der Waals surface area contributed by atoms with Crippen LogP contribution in [0.3, 0.4) is 0 Å². The lowest BCUT2D eigenvalue weighted by Gasteiger charge is -2.10. The number of carbonyl (C=O) groups is 2. The first-order valence-corrected chi connectivity index (χ1v) is 9.30. The minimum Gasteiger partial charge on any atom is -0.496 e. The van der Waals surface area contributed by atoms with Gasteiger partial charge in [0.1, 0.15) is 16.3 Å². The third-order valence-electron chi connectivity index (χ3n) is 3.79. The van der Waals surface area contributed by atoms with Crippen molar-refractivity contribution < 1.29 is 19.4 Å². The van der Waals surface area contributed by atoms with E-state index >= 15 is 0 Å². The van der Waals surface area contributed by atoms with Crippen LogP contribution < -0.4 is 10.1 Å². The number of hydrogen-bond acceptors (Lipinski definition) is 4. The van der Waals surface area contributed by atoms with Crippen LogP contribution in [-0.4, -0.2) is 24.1 Å². The molecule has 0 saturated carbocycles. The average Bonchev–Trinajstić information content (AvgIpc) is 3.06. The Bertz CT molecular complexity index is 1020. The van der Waals surface area contributed by atoms with Crippen LogP contribution in [0, 0.1) is 0 Å². The highest BCUT2D eigenvalue weighted by Gasteiger charge is 2.22. The van der Waals surface area contributed by atoms with Gasteiger partial charge in [0.25, 0.3) is 5.91 Å². The van der Waals surface area contributed by atoms with Gasteiger partial charge in [-0.05, 0) is 35.9 Å². The predicted octanol–water partition coefficient (Wildman–Crippen LogP) is 5.68. The van der Waals surface area contributed by atoms with E-state index in [9.17, 15) is 14.7 Å². The van der Waals surface area contributed by atoms with Crippen LogP contribution in [0.2, 0.25) is 10.0 Å². The van der Waals surface area contributed by atoms with Gasteiger partial charge in [-0.1, -0.05) is 35.3 Å². The van der Waals surface area contributed by atoms with Gasteiger partial charge in [0, 0.05) is 21.0 Å². The van der Waals surface area contributed by atoms with Gasteiger partial charge in [-0.3, -0.25) is 4.79 Å². The summed E-state index contributed by atoms with van der Waals surface area (Å²) >= 11 is 13.0. The number of carboxylic acids is 1. The molecule has 2 N–H and O–H groups in total.